The van der Waals surface area contributed by atoms with Crippen LogP contribution in [0.25, 0.3) is 0 Å². The van der Waals surface area contributed by atoms with Gasteiger partial charge >= 0.3 is 0 Å². The molecule has 1 N–H and O–H groups in total. The summed E-state index contributed by atoms with van der Waals surface area (Å²) in [6.07, 6.45) is 3.05. The van der Waals surface area contributed by atoms with E-state index >= 15 is 0 Å². The zero-order chi connectivity index (χ0) is 13.6. The molecule has 0 amide bonds. The van der Waals surface area contributed by atoms with Gasteiger partial charge in [0, 0.05) is 17.3 Å². The summed E-state index contributed by atoms with van der Waals surface area (Å²) >= 11 is 0. The molecule has 4 nitrogen and oxygen atoms in total. The first-order valence-corrected chi connectivity index (χ1v) is 6.79. The second-order valence-electron chi connectivity index (χ2n) is 4.91. The Balaban J connectivity index is 2.85. The molecular formula is C14H25N3O. The van der Waals surface area contributed by atoms with Crippen LogP contribution in [0.1, 0.15) is 52.7 Å². The Kier molecular flexibility index (Phi) is 5.38. The van der Waals surface area contributed by atoms with Gasteiger partial charge in [-0.05, 0) is 33.1 Å². The zero-order valence-electron chi connectivity index (χ0n) is 12.2. The lowest BCUT2D eigenvalue weighted by Crippen LogP contribution is -2.34. The number of aryl methyl sites for hydroxylation is 1. The van der Waals surface area contributed by atoms with E-state index in [4.69, 9.17) is 4.74 Å². The minimum Gasteiger partial charge on any atom is -0.478 e. The second-order valence-corrected chi connectivity index (χ2v) is 4.91. The van der Waals surface area contributed by atoms with Crippen LogP contribution in [0.4, 0.5) is 5.95 Å². The summed E-state index contributed by atoms with van der Waals surface area (Å²) in [5.74, 6) is 1.31. The standard InChI is InChI=1S/C14H25N3O/c1-6-9-18-12-10-11(4)15-13(16-12)17-14(5,7-2)8-3/h10H,6-9H2,1-5H3,(H,15,16,17). The highest BCUT2D eigenvalue weighted by molar-refractivity contribution is 5.33. The summed E-state index contributed by atoms with van der Waals surface area (Å²) in [4.78, 5) is 8.83. The number of aromatic nitrogens is 2. The van der Waals surface area contributed by atoms with E-state index in [1.54, 1.807) is 0 Å². The lowest BCUT2D eigenvalue weighted by molar-refractivity contribution is 0.304. The Morgan fingerprint density at radius 3 is 2.44 bits per heavy atom. The lowest BCUT2D eigenvalue weighted by Gasteiger charge is -2.28. The molecule has 0 aliphatic carbocycles. The van der Waals surface area contributed by atoms with Crippen LogP contribution < -0.4 is 10.1 Å². The largest absolute Gasteiger partial charge is 0.478 e. The number of nitrogens with zero attached hydrogens (tertiary/aromatic N) is 2. The highest BCUT2D eigenvalue weighted by Gasteiger charge is 2.20. The fourth-order valence-corrected chi connectivity index (χ4v) is 1.57. The van der Waals surface area contributed by atoms with Crippen molar-refractivity contribution in [3.63, 3.8) is 0 Å². The van der Waals surface area contributed by atoms with Crippen molar-refractivity contribution in [2.24, 2.45) is 0 Å². The monoisotopic (exact) mass is 251 g/mol. The third-order valence-corrected chi connectivity index (χ3v) is 3.26. The van der Waals surface area contributed by atoms with E-state index in [0.717, 1.165) is 25.0 Å². The first-order chi connectivity index (χ1) is 8.53. The molecule has 0 radical (unpaired) electrons. The first-order valence-electron chi connectivity index (χ1n) is 6.79. The summed E-state index contributed by atoms with van der Waals surface area (Å²) in [6, 6.07) is 1.87. The van der Waals surface area contributed by atoms with Gasteiger partial charge in [-0.25, -0.2) is 4.98 Å². The summed E-state index contributed by atoms with van der Waals surface area (Å²) < 4.78 is 5.57. The van der Waals surface area contributed by atoms with Crippen LogP contribution in [-0.4, -0.2) is 22.1 Å². The quantitative estimate of drug-likeness (QED) is 0.805. The zero-order valence-corrected chi connectivity index (χ0v) is 12.2. The molecule has 0 fully saturated rings. The number of anilines is 1. The van der Waals surface area contributed by atoms with Crippen LogP contribution in [-0.2, 0) is 0 Å². The van der Waals surface area contributed by atoms with Crippen LogP contribution >= 0.6 is 0 Å². The van der Waals surface area contributed by atoms with Crippen molar-refractivity contribution in [3.8, 4) is 5.88 Å². The van der Waals surface area contributed by atoms with Crippen molar-refractivity contribution in [2.75, 3.05) is 11.9 Å². The summed E-state index contributed by atoms with van der Waals surface area (Å²) in [5.41, 5.74) is 0.962. The van der Waals surface area contributed by atoms with Gasteiger partial charge in [-0.1, -0.05) is 20.8 Å². The summed E-state index contributed by atoms with van der Waals surface area (Å²) in [7, 11) is 0. The van der Waals surface area contributed by atoms with Crippen molar-refractivity contribution in [3.05, 3.63) is 11.8 Å². The van der Waals surface area contributed by atoms with E-state index in [0.29, 0.717) is 18.4 Å². The molecule has 1 aromatic heterocycles. The van der Waals surface area contributed by atoms with Gasteiger partial charge in [-0.2, -0.15) is 4.98 Å². The Hall–Kier alpha value is -1.32. The number of hydrogen-bond acceptors (Lipinski definition) is 4. The number of ether oxygens (including phenoxy) is 1. The van der Waals surface area contributed by atoms with Crippen molar-refractivity contribution in [1.82, 2.24) is 9.97 Å². The molecule has 0 atom stereocenters. The minimum atomic E-state index is 0.0375. The van der Waals surface area contributed by atoms with Crippen molar-refractivity contribution in [1.29, 1.82) is 0 Å². The maximum Gasteiger partial charge on any atom is 0.226 e. The van der Waals surface area contributed by atoms with Crippen LogP contribution in [0, 0.1) is 6.92 Å². The SMILES string of the molecule is CCCOc1cc(C)nc(NC(C)(CC)CC)n1. The van der Waals surface area contributed by atoms with Crippen molar-refractivity contribution < 1.29 is 4.74 Å². The molecule has 102 valence electrons. The third-order valence-electron chi connectivity index (χ3n) is 3.26. The lowest BCUT2D eigenvalue weighted by atomic mass is 9.96. The van der Waals surface area contributed by atoms with Gasteiger partial charge < -0.3 is 10.1 Å². The molecule has 0 saturated heterocycles. The van der Waals surface area contributed by atoms with E-state index in [1.807, 2.05) is 13.0 Å². The van der Waals surface area contributed by atoms with Crippen LogP contribution in [0.2, 0.25) is 0 Å². The highest BCUT2D eigenvalue weighted by atomic mass is 16.5. The van der Waals surface area contributed by atoms with Crippen molar-refractivity contribution in [2.45, 2.75) is 59.4 Å². The smallest absolute Gasteiger partial charge is 0.226 e. The van der Waals surface area contributed by atoms with Gasteiger partial charge in [0.15, 0.2) is 0 Å². The van der Waals surface area contributed by atoms with Gasteiger partial charge in [0.05, 0.1) is 6.61 Å². The molecule has 0 aromatic carbocycles. The van der Waals surface area contributed by atoms with Crippen molar-refractivity contribution >= 4 is 5.95 Å². The summed E-state index contributed by atoms with van der Waals surface area (Å²) in [5, 5.41) is 3.41. The van der Waals surface area contributed by atoms with E-state index in [-0.39, 0.29) is 5.54 Å². The maximum atomic E-state index is 5.57. The fraction of sp³-hybridized carbons (Fsp3) is 0.714. The number of nitrogens with one attached hydrogen (secondary N) is 1. The molecule has 0 aliphatic rings. The van der Waals surface area contributed by atoms with Gasteiger partial charge in [-0.3, -0.25) is 0 Å². The third kappa shape index (κ3) is 4.17. The molecule has 0 spiro atoms. The van der Waals surface area contributed by atoms with Gasteiger partial charge in [0.1, 0.15) is 0 Å². The number of hydrogen-bond donors (Lipinski definition) is 1. The average Bonchev–Trinajstić information content (AvgIpc) is 2.35. The van der Waals surface area contributed by atoms with Gasteiger partial charge in [0.2, 0.25) is 11.8 Å². The molecule has 0 unspecified atom stereocenters. The van der Waals surface area contributed by atoms with Crippen LogP contribution in [0.15, 0.2) is 6.07 Å². The molecular weight excluding hydrogens is 226 g/mol. The maximum absolute atomic E-state index is 5.57. The molecule has 1 heterocycles. The van der Waals surface area contributed by atoms with Gasteiger partial charge in [-0.15, -0.1) is 0 Å². The van der Waals surface area contributed by atoms with E-state index < -0.39 is 0 Å². The Bertz CT molecular complexity index is 375. The molecule has 0 bridgehead atoms. The molecule has 1 aromatic rings. The van der Waals surface area contributed by atoms with Crippen LogP contribution in [0.5, 0.6) is 5.88 Å². The highest BCUT2D eigenvalue weighted by Crippen LogP contribution is 2.21. The fourth-order valence-electron chi connectivity index (χ4n) is 1.57. The van der Waals surface area contributed by atoms with E-state index in [9.17, 15) is 0 Å². The second kappa shape index (κ2) is 6.57. The Labute approximate surface area is 110 Å². The summed E-state index contributed by atoms with van der Waals surface area (Å²) in [6.45, 7) is 11.3. The van der Waals surface area contributed by atoms with Crippen LogP contribution in [0.3, 0.4) is 0 Å². The molecule has 4 heteroatoms. The molecule has 0 saturated carbocycles. The van der Waals surface area contributed by atoms with E-state index in [2.05, 4.69) is 43.0 Å². The Morgan fingerprint density at radius 2 is 1.89 bits per heavy atom. The van der Waals surface area contributed by atoms with Gasteiger partial charge in [0.25, 0.3) is 0 Å². The first kappa shape index (κ1) is 14.7. The number of rotatable bonds is 7. The Morgan fingerprint density at radius 1 is 1.22 bits per heavy atom. The average molecular weight is 251 g/mol. The molecule has 18 heavy (non-hydrogen) atoms. The predicted molar refractivity (Wildman–Crippen MR) is 75.2 cm³/mol. The molecule has 0 aliphatic heterocycles. The van der Waals surface area contributed by atoms with E-state index in [1.165, 1.54) is 0 Å². The minimum absolute atomic E-state index is 0.0375. The topological polar surface area (TPSA) is 47.0 Å². The molecule has 1 rings (SSSR count). The predicted octanol–water partition coefficient (Wildman–Crippen LogP) is 3.56. The normalized spacial score (nSPS) is 11.4.